The van der Waals surface area contributed by atoms with Gasteiger partial charge in [-0.25, -0.2) is 0 Å². The lowest BCUT2D eigenvalue weighted by Gasteiger charge is -2.08. The van der Waals surface area contributed by atoms with Gasteiger partial charge in [0.2, 0.25) is 5.91 Å². The predicted octanol–water partition coefficient (Wildman–Crippen LogP) is 2.26. The third kappa shape index (κ3) is 3.75. The number of amides is 1. The molecule has 0 bridgehead atoms. The number of phenols is 1. The van der Waals surface area contributed by atoms with Crippen LogP contribution >= 0.6 is 0 Å². The highest BCUT2D eigenvalue weighted by atomic mass is 16.5. The van der Waals surface area contributed by atoms with E-state index in [0.29, 0.717) is 18.7 Å². The van der Waals surface area contributed by atoms with Crippen molar-refractivity contribution in [2.45, 2.75) is 13.0 Å². The minimum absolute atomic E-state index is 0.0387. The lowest BCUT2D eigenvalue weighted by atomic mass is 10.1. The Bertz CT molecular complexity index is 582. The molecule has 2 N–H and O–H groups in total. The molecule has 4 nitrogen and oxygen atoms in total. The Kier molecular flexibility index (Phi) is 4.60. The first-order chi connectivity index (χ1) is 9.69. The number of hydrogen-bond acceptors (Lipinski definition) is 3. The molecule has 2 rings (SSSR count). The van der Waals surface area contributed by atoms with Crippen LogP contribution in [0.25, 0.3) is 0 Å². The Labute approximate surface area is 118 Å². The van der Waals surface area contributed by atoms with E-state index < -0.39 is 0 Å². The van der Waals surface area contributed by atoms with E-state index in [1.54, 1.807) is 18.2 Å². The minimum Gasteiger partial charge on any atom is -0.504 e. The summed E-state index contributed by atoms with van der Waals surface area (Å²) < 4.78 is 5.03. The van der Waals surface area contributed by atoms with E-state index in [2.05, 4.69) is 5.32 Å². The number of aromatic hydroxyl groups is 1. The fraction of sp³-hybridized carbons (Fsp3) is 0.188. The largest absolute Gasteiger partial charge is 0.504 e. The Morgan fingerprint density at radius 3 is 2.60 bits per heavy atom. The molecular formula is C16H17NO3. The van der Waals surface area contributed by atoms with Gasteiger partial charge < -0.3 is 15.2 Å². The zero-order chi connectivity index (χ0) is 14.4. The fourth-order valence-corrected chi connectivity index (χ4v) is 1.88. The van der Waals surface area contributed by atoms with E-state index in [1.165, 1.54) is 7.11 Å². The monoisotopic (exact) mass is 271 g/mol. The van der Waals surface area contributed by atoms with Crippen LogP contribution in [0.15, 0.2) is 48.5 Å². The lowest BCUT2D eigenvalue weighted by molar-refractivity contribution is -0.120. The van der Waals surface area contributed by atoms with Gasteiger partial charge in [0.15, 0.2) is 11.5 Å². The first kappa shape index (κ1) is 13.9. The van der Waals surface area contributed by atoms with Crippen molar-refractivity contribution in [3.8, 4) is 11.5 Å². The molecule has 2 aromatic carbocycles. The van der Waals surface area contributed by atoms with Crippen LogP contribution < -0.4 is 10.1 Å². The highest BCUT2D eigenvalue weighted by molar-refractivity contribution is 5.78. The number of benzene rings is 2. The van der Waals surface area contributed by atoms with E-state index in [9.17, 15) is 9.90 Å². The van der Waals surface area contributed by atoms with Crippen molar-refractivity contribution in [2.75, 3.05) is 7.11 Å². The highest BCUT2D eigenvalue weighted by Crippen LogP contribution is 2.26. The van der Waals surface area contributed by atoms with Crippen LogP contribution in [-0.4, -0.2) is 18.1 Å². The van der Waals surface area contributed by atoms with Crippen molar-refractivity contribution in [3.63, 3.8) is 0 Å². The van der Waals surface area contributed by atoms with E-state index in [-0.39, 0.29) is 11.7 Å². The van der Waals surface area contributed by atoms with Gasteiger partial charge in [-0.2, -0.15) is 0 Å². The van der Waals surface area contributed by atoms with Crippen LogP contribution in [0.4, 0.5) is 0 Å². The second-order valence-electron chi connectivity index (χ2n) is 4.45. The number of carbonyl (C=O) groups excluding carboxylic acids is 1. The fourth-order valence-electron chi connectivity index (χ4n) is 1.88. The third-order valence-electron chi connectivity index (χ3n) is 2.94. The predicted molar refractivity (Wildman–Crippen MR) is 76.7 cm³/mol. The van der Waals surface area contributed by atoms with Crippen molar-refractivity contribution in [2.24, 2.45) is 0 Å². The number of rotatable bonds is 5. The number of nitrogens with one attached hydrogen (secondary N) is 1. The summed E-state index contributed by atoms with van der Waals surface area (Å²) in [6, 6.07) is 14.6. The van der Waals surface area contributed by atoms with Gasteiger partial charge in [-0.05, 0) is 23.3 Å². The molecule has 2 aromatic rings. The van der Waals surface area contributed by atoms with Crippen LogP contribution in [-0.2, 0) is 17.8 Å². The van der Waals surface area contributed by atoms with Crippen LogP contribution in [0.5, 0.6) is 11.5 Å². The Morgan fingerprint density at radius 1 is 1.15 bits per heavy atom. The summed E-state index contributed by atoms with van der Waals surface area (Å²) in [5.74, 6) is 0.454. The van der Waals surface area contributed by atoms with Gasteiger partial charge in [0.05, 0.1) is 13.5 Å². The van der Waals surface area contributed by atoms with E-state index in [0.717, 1.165) is 11.1 Å². The molecule has 104 valence electrons. The zero-order valence-corrected chi connectivity index (χ0v) is 11.3. The summed E-state index contributed by atoms with van der Waals surface area (Å²) in [7, 11) is 1.49. The summed E-state index contributed by atoms with van der Waals surface area (Å²) in [5.41, 5.74) is 1.86. The average molecular weight is 271 g/mol. The molecule has 4 heteroatoms. The molecule has 0 saturated heterocycles. The van der Waals surface area contributed by atoms with Crippen LogP contribution in [0, 0.1) is 0 Å². The van der Waals surface area contributed by atoms with Crippen molar-refractivity contribution in [1.29, 1.82) is 0 Å². The van der Waals surface area contributed by atoms with Gasteiger partial charge in [0.25, 0.3) is 0 Å². The number of methoxy groups -OCH3 is 1. The molecule has 0 fully saturated rings. The molecular weight excluding hydrogens is 254 g/mol. The average Bonchev–Trinajstić information content (AvgIpc) is 2.47. The number of phenolic OH excluding ortho intramolecular Hbond substituents is 1. The summed E-state index contributed by atoms with van der Waals surface area (Å²) >= 11 is 0. The van der Waals surface area contributed by atoms with Crippen molar-refractivity contribution < 1.29 is 14.6 Å². The molecule has 1 amide bonds. The van der Waals surface area contributed by atoms with Crippen LogP contribution in [0.1, 0.15) is 11.1 Å². The van der Waals surface area contributed by atoms with Gasteiger partial charge in [-0.3, -0.25) is 4.79 Å². The lowest BCUT2D eigenvalue weighted by Crippen LogP contribution is -2.24. The molecule has 0 aliphatic rings. The standard InChI is InChI=1S/C16H17NO3/c1-20-15-9-13(7-8-14(15)18)11-17-16(19)10-12-5-3-2-4-6-12/h2-9,18H,10-11H2,1H3,(H,17,19). The van der Waals surface area contributed by atoms with E-state index in [1.807, 2.05) is 30.3 Å². The normalized spacial score (nSPS) is 10.1. The van der Waals surface area contributed by atoms with Crippen LogP contribution in [0.2, 0.25) is 0 Å². The number of ether oxygens (including phenoxy) is 1. The van der Waals surface area contributed by atoms with Gasteiger partial charge in [-0.1, -0.05) is 36.4 Å². The maximum atomic E-state index is 11.8. The molecule has 0 aliphatic heterocycles. The summed E-state index contributed by atoms with van der Waals surface area (Å²) in [6.45, 7) is 0.405. The topological polar surface area (TPSA) is 58.6 Å². The second kappa shape index (κ2) is 6.61. The Hall–Kier alpha value is -2.49. The maximum absolute atomic E-state index is 11.8. The van der Waals surface area contributed by atoms with Gasteiger partial charge in [0.1, 0.15) is 0 Å². The third-order valence-corrected chi connectivity index (χ3v) is 2.94. The van der Waals surface area contributed by atoms with Gasteiger partial charge in [0, 0.05) is 6.54 Å². The summed E-state index contributed by atoms with van der Waals surface area (Å²) in [5, 5.41) is 12.3. The zero-order valence-electron chi connectivity index (χ0n) is 11.3. The Balaban J connectivity index is 1.90. The van der Waals surface area contributed by atoms with Crippen molar-refractivity contribution in [1.82, 2.24) is 5.32 Å². The Morgan fingerprint density at radius 2 is 1.90 bits per heavy atom. The molecule has 0 saturated carbocycles. The summed E-state index contributed by atoms with van der Waals surface area (Å²) in [4.78, 5) is 11.8. The molecule has 0 atom stereocenters. The van der Waals surface area contributed by atoms with E-state index in [4.69, 9.17) is 4.74 Å². The van der Waals surface area contributed by atoms with Gasteiger partial charge in [-0.15, -0.1) is 0 Å². The number of carbonyl (C=O) groups is 1. The quantitative estimate of drug-likeness (QED) is 0.877. The molecule has 0 radical (unpaired) electrons. The second-order valence-corrected chi connectivity index (χ2v) is 4.45. The molecule has 0 unspecified atom stereocenters. The van der Waals surface area contributed by atoms with Gasteiger partial charge >= 0.3 is 0 Å². The molecule has 0 aliphatic carbocycles. The van der Waals surface area contributed by atoms with Crippen molar-refractivity contribution >= 4 is 5.91 Å². The first-order valence-corrected chi connectivity index (χ1v) is 6.35. The highest BCUT2D eigenvalue weighted by Gasteiger charge is 2.05. The van der Waals surface area contributed by atoms with E-state index >= 15 is 0 Å². The number of hydrogen-bond donors (Lipinski definition) is 2. The minimum atomic E-state index is -0.0387. The molecule has 20 heavy (non-hydrogen) atoms. The SMILES string of the molecule is COc1cc(CNC(=O)Cc2ccccc2)ccc1O. The molecule has 0 aromatic heterocycles. The smallest absolute Gasteiger partial charge is 0.224 e. The first-order valence-electron chi connectivity index (χ1n) is 6.35. The van der Waals surface area contributed by atoms with Crippen molar-refractivity contribution in [3.05, 3.63) is 59.7 Å². The van der Waals surface area contributed by atoms with Crippen LogP contribution in [0.3, 0.4) is 0 Å². The maximum Gasteiger partial charge on any atom is 0.224 e. The molecule has 0 heterocycles. The summed E-state index contributed by atoms with van der Waals surface area (Å²) in [6.07, 6.45) is 0.357. The molecule has 0 spiro atoms.